The SMILES string of the molecule is COC(=O)c1c(Cn2nc(C)c([N+](=O)[O-])c2C)nc2ccccc2c1-c1ccccc1. The van der Waals surface area contributed by atoms with Gasteiger partial charge in [0.1, 0.15) is 11.4 Å². The highest BCUT2D eigenvalue weighted by atomic mass is 16.6. The summed E-state index contributed by atoms with van der Waals surface area (Å²) in [5.41, 5.74) is 3.70. The van der Waals surface area contributed by atoms with E-state index >= 15 is 0 Å². The second-order valence-corrected chi connectivity index (χ2v) is 7.12. The topological polar surface area (TPSA) is 100 Å². The molecule has 0 amide bonds. The highest BCUT2D eigenvalue weighted by molar-refractivity contribution is 6.07. The van der Waals surface area contributed by atoms with Crippen LogP contribution >= 0.6 is 0 Å². The molecule has 0 saturated heterocycles. The van der Waals surface area contributed by atoms with Gasteiger partial charge in [-0.2, -0.15) is 5.10 Å². The van der Waals surface area contributed by atoms with E-state index in [0.29, 0.717) is 33.7 Å². The molecule has 0 bridgehead atoms. The lowest BCUT2D eigenvalue weighted by Gasteiger charge is -2.16. The molecule has 0 aliphatic heterocycles. The summed E-state index contributed by atoms with van der Waals surface area (Å²) in [5, 5.41) is 16.5. The summed E-state index contributed by atoms with van der Waals surface area (Å²) in [6.45, 7) is 3.32. The van der Waals surface area contributed by atoms with Gasteiger partial charge >= 0.3 is 11.7 Å². The Bertz CT molecular complexity index is 1310. The van der Waals surface area contributed by atoms with E-state index in [1.165, 1.54) is 11.8 Å². The summed E-state index contributed by atoms with van der Waals surface area (Å²) in [4.78, 5) is 28.6. The first-order valence-electron chi connectivity index (χ1n) is 9.66. The van der Waals surface area contributed by atoms with Gasteiger partial charge in [0.15, 0.2) is 0 Å². The fraction of sp³-hybridized carbons (Fsp3) is 0.174. The number of fused-ring (bicyclic) bond motifs is 1. The predicted molar refractivity (Wildman–Crippen MR) is 116 cm³/mol. The van der Waals surface area contributed by atoms with Crippen LogP contribution in [0, 0.1) is 24.0 Å². The molecule has 156 valence electrons. The first-order chi connectivity index (χ1) is 14.9. The van der Waals surface area contributed by atoms with Crippen LogP contribution in [0.15, 0.2) is 54.6 Å². The van der Waals surface area contributed by atoms with E-state index in [0.717, 1.165) is 10.9 Å². The van der Waals surface area contributed by atoms with Crippen molar-refractivity contribution in [3.8, 4) is 11.1 Å². The molecule has 0 N–H and O–H groups in total. The Morgan fingerprint density at radius 3 is 2.42 bits per heavy atom. The van der Waals surface area contributed by atoms with E-state index < -0.39 is 10.9 Å². The molecule has 0 fully saturated rings. The molecule has 31 heavy (non-hydrogen) atoms. The molecule has 0 aliphatic carbocycles. The fourth-order valence-corrected chi connectivity index (χ4v) is 3.85. The zero-order valence-corrected chi connectivity index (χ0v) is 17.3. The van der Waals surface area contributed by atoms with Crippen molar-refractivity contribution in [2.45, 2.75) is 20.4 Å². The number of nitro groups is 1. The molecule has 2 aromatic carbocycles. The third-order valence-corrected chi connectivity index (χ3v) is 5.24. The first kappa shape index (κ1) is 20.2. The van der Waals surface area contributed by atoms with Gasteiger partial charge in [-0.15, -0.1) is 0 Å². The zero-order valence-electron chi connectivity index (χ0n) is 17.3. The largest absolute Gasteiger partial charge is 0.465 e. The van der Waals surface area contributed by atoms with Gasteiger partial charge in [-0.25, -0.2) is 9.78 Å². The van der Waals surface area contributed by atoms with Crippen molar-refractivity contribution in [1.82, 2.24) is 14.8 Å². The summed E-state index contributed by atoms with van der Waals surface area (Å²) >= 11 is 0. The number of carbonyl (C=O) groups is 1. The normalized spacial score (nSPS) is 10.9. The van der Waals surface area contributed by atoms with Gasteiger partial charge in [-0.3, -0.25) is 14.8 Å². The van der Waals surface area contributed by atoms with Crippen molar-refractivity contribution in [3.05, 3.63) is 87.4 Å². The van der Waals surface area contributed by atoms with Crippen LogP contribution in [0.3, 0.4) is 0 Å². The van der Waals surface area contributed by atoms with Crippen LogP contribution in [0.25, 0.3) is 22.0 Å². The fourth-order valence-electron chi connectivity index (χ4n) is 3.85. The van der Waals surface area contributed by atoms with Gasteiger partial charge < -0.3 is 4.74 Å². The van der Waals surface area contributed by atoms with Gasteiger partial charge in [0.05, 0.1) is 35.4 Å². The maximum absolute atomic E-state index is 12.9. The summed E-state index contributed by atoms with van der Waals surface area (Å²) in [5.74, 6) is -0.525. The lowest BCUT2D eigenvalue weighted by atomic mass is 9.94. The van der Waals surface area contributed by atoms with Crippen molar-refractivity contribution < 1.29 is 14.5 Å². The van der Waals surface area contributed by atoms with Crippen LogP contribution in [-0.2, 0) is 11.3 Å². The Hall–Kier alpha value is -4.07. The Labute approximate surface area is 178 Å². The van der Waals surface area contributed by atoms with Crippen LogP contribution in [-0.4, -0.2) is 32.8 Å². The molecule has 0 atom stereocenters. The summed E-state index contributed by atoms with van der Waals surface area (Å²) in [7, 11) is 1.32. The minimum absolute atomic E-state index is 0.0382. The number of aromatic nitrogens is 3. The van der Waals surface area contributed by atoms with E-state index in [-0.39, 0.29) is 12.2 Å². The lowest BCUT2D eigenvalue weighted by Crippen LogP contribution is -2.15. The molecule has 8 heteroatoms. The number of nitrogens with zero attached hydrogens (tertiary/aromatic N) is 4. The third kappa shape index (κ3) is 3.52. The number of esters is 1. The molecule has 8 nitrogen and oxygen atoms in total. The maximum atomic E-state index is 12.9. The van der Waals surface area contributed by atoms with Crippen molar-refractivity contribution in [3.63, 3.8) is 0 Å². The molecule has 2 heterocycles. The molecule has 0 unspecified atom stereocenters. The Morgan fingerprint density at radius 2 is 1.77 bits per heavy atom. The summed E-state index contributed by atoms with van der Waals surface area (Å²) in [6, 6.07) is 17.1. The molecule has 4 aromatic rings. The van der Waals surface area contributed by atoms with Crippen molar-refractivity contribution >= 4 is 22.6 Å². The second-order valence-electron chi connectivity index (χ2n) is 7.12. The van der Waals surface area contributed by atoms with Crippen molar-refractivity contribution in [1.29, 1.82) is 0 Å². The number of hydrogen-bond acceptors (Lipinski definition) is 6. The number of ether oxygens (including phenoxy) is 1. The smallest absolute Gasteiger partial charge is 0.340 e. The van der Waals surface area contributed by atoms with Crippen LogP contribution < -0.4 is 0 Å². The van der Waals surface area contributed by atoms with Gasteiger partial charge in [-0.05, 0) is 25.5 Å². The highest BCUT2D eigenvalue weighted by Crippen LogP contribution is 2.34. The molecule has 0 aliphatic rings. The molecule has 0 saturated carbocycles. The number of rotatable bonds is 5. The Morgan fingerprint density at radius 1 is 1.10 bits per heavy atom. The lowest BCUT2D eigenvalue weighted by molar-refractivity contribution is -0.386. The molecular formula is C23H20N4O4. The number of hydrogen-bond donors (Lipinski definition) is 0. The molecule has 0 spiro atoms. The summed E-state index contributed by atoms with van der Waals surface area (Å²) in [6.07, 6.45) is 0. The van der Waals surface area contributed by atoms with Gasteiger partial charge in [0, 0.05) is 10.9 Å². The van der Waals surface area contributed by atoms with Gasteiger partial charge in [0.2, 0.25) is 0 Å². The maximum Gasteiger partial charge on any atom is 0.340 e. The minimum atomic E-state index is -0.525. The standard InChI is InChI=1S/C23H20N4O4/c1-14-22(27(29)30)15(2)26(25-14)13-19-21(23(28)31-3)20(16-9-5-4-6-10-16)17-11-7-8-12-18(17)24-19/h4-12H,13H2,1-3H3. The zero-order chi connectivity index (χ0) is 22.1. The number of aryl methyl sites for hydroxylation is 1. The average molecular weight is 416 g/mol. The number of carbonyl (C=O) groups excluding carboxylic acids is 1. The highest BCUT2D eigenvalue weighted by Gasteiger charge is 2.26. The minimum Gasteiger partial charge on any atom is -0.465 e. The third-order valence-electron chi connectivity index (χ3n) is 5.24. The number of pyridine rings is 1. The number of benzene rings is 2. The van der Waals surface area contributed by atoms with Crippen molar-refractivity contribution in [2.24, 2.45) is 0 Å². The molecule has 2 aromatic heterocycles. The monoisotopic (exact) mass is 416 g/mol. The first-order valence-corrected chi connectivity index (χ1v) is 9.66. The van der Waals surface area contributed by atoms with Crippen LogP contribution in [0.2, 0.25) is 0 Å². The van der Waals surface area contributed by atoms with E-state index in [1.807, 2.05) is 54.6 Å². The predicted octanol–water partition coefficient (Wildman–Crippen LogP) is 4.46. The molecule has 4 rings (SSSR count). The summed E-state index contributed by atoms with van der Waals surface area (Å²) < 4.78 is 6.61. The van der Waals surface area contributed by atoms with E-state index in [2.05, 4.69) is 5.10 Å². The van der Waals surface area contributed by atoms with Crippen molar-refractivity contribution in [2.75, 3.05) is 7.11 Å². The second kappa shape index (κ2) is 7.98. The quantitative estimate of drug-likeness (QED) is 0.271. The van der Waals surface area contributed by atoms with Crippen LogP contribution in [0.5, 0.6) is 0 Å². The van der Waals surface area contributed by atoms with Crippen LogP contribution in [0.4, 0.5) is 5.69 Å². The Kier molecular flexibility index (Phi) is 5.21. The Balaban J connectivity index is 2.01. The molecule has 0 radical (unpaired) electrons. The average Bonchev–Trinajstić information content (AvgIpc) is 3.05. The van der Waals surface area contributed by atoms with Gasteiger partial charge in [-0.1, -0.05) is 48.5 Å². The van der Waals surface area contributed by atoms with E-state index in [4.69, 9.17) is 9.72 Å². The van der Waals surface area contributed by atoms with E-state index in [9.17, 15) is 14.9 Å². The van der Waals surface area contributed by atoms with Gasteiger partial charge in [0.25, 0.3) is 0 Å². The number of methoxy groups -OCH3 is 1. The number of para-hydroxylation sites is 1. The molecular weight excluding hydrogens is 396 g/mol. The van der Waals surface area contributed by atoms with E-state index in [1.54, 1.807) is 13.8 Å². The van der Waals surface area contributed by atoms with Crippen LogP contribution in [0.1, 0.15) is 27.4 Å².